The first-order valence-electron chi connectivity index (χ1n) is 8.56. The maximum absolute atomic E-state index is 12.6. The lowest BCUT2D eigenvalue weighted by Gasteiger charge is -2.28. The Morgan fingerprint density at radius 2 is 2.15 bits per heavy atom. The van der Waals surface area contributed by atoms with Crippen LogP contribution in [-0.4, -0.2) is 38.0 Å². The minimum absolute atomic E-state index is 0.0247. The van der Waals surface area contributed by atoms with Crippen LogP contribution in [0.4, 0.5) is 4.79 Å². The molecule has 6 heteroatoms. The highest BCUT2D eigenvalue weighted by Gasteiger charge is 2.23. The third kappa shape index (κ3) is 4.07. The van der Waals surface area contributed by atoms with Gasteiger partial charge in [0.1, 0.15) is 11.5 Å². The van der Waals surface area contributed by atoms with E-state index in [0.29, 0.717) is 13.2 Å². The normalized spacial score (nSPS) is 15.6. The van der Waals surface area contributed by atoms with Crippen LogP contribution in [0.5, 0.6) is 11.5 Å². The number of urea groups is 1. The zero-order valence-corrected chi connectivity index (χ0v) is 16.1. The number of para-hydroxylation sites is 1. The average Bonchev–Trinajstić information content (AvgIpc) is 2.68. The summed E-state index contributed by atoms with van der Waals surface area (Å²) < 4.78 is 11.1. The van der Waals surface area contributed by atoms with Gasteiger partial charge >= 0.3 is 6.03 Å². The maximum Gasteiger partial charge on any atom is 0.317 e. The number of rotatable bonds is 5. The first-order valence-corrected chi connectivity index (χ1v) is 9.79. The number of benzene rings is 2. The summed E-state index contributed by atoms with van der Waals surface area (Å²) in [7, 11) is 3.47. The molecule has 1 aliphatic rings. The van der Waals surface area contributed by atoms with Crippen LogP contribution < -0.4 is 14.8 Å². The topological polar surface area (TPSA) is 50.8 Å². The van der Waals surface area contributed by atoms with Gasteiger partial charge in [0, 0.05) is 30.5 Å². The highest BCUT2D eigenvalue weighted by atomic mass is 32.2. The van der Waals surface area contributed by atoms with Crippen LogP contribution in [-0.2, 0) is 6.54 Å². The molecule has 0 aromatic heterocycles. The molecule has 0 aliphatic carbocycles. The smallest absolute Gasteiger partial charge is 0.317 e. The number of amides is 2. The van der Waals surface area contributed by atoms with E-state index in [1.807, 2.05) is 48.7 Å². The Bertz CT molecular complexity index is 781. The SMILES string of the molecule is COc1cc(CN(C)C(=O)N[C@@H]2CCOc3ccccc32)ccc1SC. The zero-order chi connectivity index (χ0) is 18.5. The molecule has 2 amide bonds. The molecule has 0 spiro atoms. The minimum atomic E-state index is -0.0976. The van der Waals surface area contributed by atoms with Gasteiger partial charge in [0.05, 0.1) is 19.8 Å². The van der Waals surface area contributed by atoms with Gasteiger partial charge in [0.2, 0.25) is 0 Å². The van der Waals surface area contributed by atoms with Crippen LogP contribution in [0.25, 0.3) is 0 Å². The summed E-state index contributed by atoms with van der Waals surface area (Å²) in [5, 5.41) is 3.12. The molecule has 5 nitrogen and oxygen atoms in total. The van der Waals surface area contributed by atoms with Gasteiger partial charge < -0.3 is 19.7 Å². The van der Waals surface area contributed by atoms with Crippen molar-refractivity contribution in [1.29, 1.82) is 0 Å². The maximum atomic E-state index is 12.6. The predicted octanol–water partition coefficient (Wildman–Crippen LogP) is 4.08. The molecule has 2 aromatic carbocycles. The van der Waals surface area contributed by atoms with E-state index in [-0.39, 0.29) is 12.1 Å². The van der Waals surface area contributed by atoms with Crippen LogP contribution in [0.3, 0.4) is 0 Å². The number of nitrogens with zero attached hydrogens (tertiary/aromatic N) is 1. The Morgan fingerprint density at radius 3 is 2.92 bits per heavy atom. The second-order valence-electron chi connectivity index (χ2n) is 6.22. The third-order valence-electron chi connectivity index (χ3n) is 4.47. The van der Waals surface area contributed by atoms with E-state index in [2.05, 4.69) is 5.32 Å². The van der Waals surface area contributed by atoms with Crippen molar-refractivity contribution >= 4 is 17.8 Å². The van der Waals surface area contributed by atoms with Crippen molar-refractivity contribution in [3.05, 3.63) is 53.6 Å². The molecule has 0 bridgehead atoms. The number of hydrogen-bond donors (Lipinski definition) is 1. The van der Waals surface area contributed by atoms with Gasteiger partial charge in [-0.15, -0.1) is 11.8 Å². The van der Waals surface area contributed by atoms with Gasteiger partial charge in [-0.3, -0.25) is 0 Å². The number of ether oxygens (including phenoxy) is 2. The van der Waals surface area contributed by atoms with Gasteiger partial charge in [-0.05, 0) is 30.0 Å². The molecule has 1 aliphatic heterocycles. The number of fused-ring (bicyclic) bond motifs is 1. The Morgan fingerprint density at radius 1 is 1.35 bits per heavy atom. The van der Waals surface area contributed by atoms with Gasteiger partial charge in [-0.25, -0.2) is 4.79 Å². The van der Waals surface area contributed by atoms with Crippen LogP contribution in [0.15, 0.2) is 47.4 Å². The largest absolute Gasteiger partial charge is 0.496 e. The molecule has 3 rings (SSSR count). The lowest BCUT2D eigenvalue weighted by Crippen LogP contribution is -2.40. The van der Waals surface area contributed by atoms with Gasteiger partial charge in [-0.1, -0.05) is 24.3 Å². The summed E-state index contributed by atoms with van der Waals surface area (Å²) in [6, 6.07) is 13.8. The summed E-state index contributed by atoms with van der Waals surface area (Å²) in [6.45, 7) is 1.13. The van der Waals surface area contributed by atoms with Gasteiger partial charge in [-0.2, -0.15) is 0 Å². The van der Waals surface area contributed by atoms with E-state index in [4.69, 9.17) is 9.47 Å². The van der Waals surface area contributed by atoms with E-state index < -0.39 is 0 Å². The fourth-order valence-electron chi connectivity index (χ4n) is 3.08. The fourth-order valence-corrected chi connectivity index (χ4v) is 3.62. The Kier molecular flexibility index (Phi) is 5.93. The highest BCUT2D eigenvalue weighted by molar-refractivity contribution is 7.98. The molecular weight excluding hydrogens is 348 g/mol. The van der Waals surface area contributed by atoms with Crippen LogP contribution in [0, 0.1) is 0 Å². The summed E-state index contributed by atoms with van der Waals surface area (Å²) in [6.07, 6.45) is 2.79. The van der Waals surface area contributed by atoms with Crippen LogP contribution in [0.1, 0.15) is 23.6 Å². The quantitative estimate of drug-likeness (QED) is 0.804. The molecule has 0 radical (unpaired) electrons. The molecule has 0 saturated heterocycles. The average molecular weight is 372 g/mol. The molecule has 1 atom stereocenters. The standard InChI is InChI=1S/C20H24N2O3S/c1-22(13-14-8-9-19(26-3)18(12-14)24-2)20(23)21-16-10-11-25-17-7-5-4-6-15(16)17/h4-9,12,16H,10-11,13H2,1-3H3,(H,21,23)/t16-/m1/s1. The lowest BCUT2D eigenvalue weighted by molar-refractivity contribution is 0.194. The molecular formula is C20H24N2O3S. The van der Waals surface area contributed by atoms with Crippen molar-refractivity contribution < 1.29 is 14.3 Å². The van der Waals surface area contributed by atoms with Crippen LogP contribution >= 0.6 is 11.8 Å². The number of methoxy groups -OCH3 is 1. The van der Waals surface area contributed by atoms with Crippen molar-refractivity contribution in [2.45, 2.75) is 23.9 Å². The zero-order valence-electron chi connectivity index (χ0n) is 15.3. The Labute approximate surface area is 158 Å². The van der Waals surface area contributed by atoms with Crippen molar-refractivity contribution in [3.8, 4) is 11.5 Å². The number of carbonyl (C=O) groups is 1. The number of carbonyl (C=O) groups excluding carboxylic acids is 1. The molecule has 1 N–H and O–H groups in total. The van der Waals surface area contributed by atoms with E-state index >= 15 is 0 Å². The summed E-state index contributed by atoms with van der Waals surface area (Å²) in [4.78, 5) is 15.4. The molecule has 0 fully saturated rings. The van der Waals surface area contributed by atoms with E-state index in [1.165, 1.54) is 0 Å². The third-order valence-corrected chi connectivity index (χ3v) is 5.25. The van der Waals surface area contributed by atoms with Gasteiger partial charge in [0.25, 0.3) is 0 Å². The molecule has 1 heterocycles. The second kappa shape index (κ2) is 8.36. The first kappa shape index (κ1) is 18.5. The number of thioether (sulfide) groups is 1. The lowest BCUT2D eigenvalue weighted by atomic mass is 10.0. The monoisotopic (exact) mass is 372 g/mol. The Balaban J connectivity index is 1.66. The summed E-state index contributed by atoms with van der Waals surface area (Å²) >= 11 is 1.64. The highest BCUT2D eigenvalue weighted by Crippen LogP contribution is 2.32. The summed E-state index contributed by atoms with van der Waals surface area (Å²) in [5.74, 6) is 1.69. The predicted molar refractivity (Wildman–Crippen MR) is 104 cm³/mol. The molecule has 138 valence electrons. The summed E-state index contributed by atoms with van der Waals surface area (Å²) in [5.41, 5.74) is 2.07. The van der Waals surface area contributed by atoms with E-state index in [0.717, 1.165) is 33.9 Å². The minimum Gasteiger partial charge on any atom is -0.496 e. The molecule has 26 heavy (non-hydrogen) atoms. The number of nitrogens with one attached hydrogen (secondary N) is 1. The fraction of sp³-hybridized carbons (Fsp3) is 0.350. The van der Waals surface area contributed by atoms with E-state index in [9.17, 15) is 4.79 Å². The molecule has 0 saturated carbocycles. The first-order chi connectivity index (χ1) is 12.6. The van der Waals surface area contributed by atoms with Crippen LogP contribution in [0.2, 0.25) is 0 Å². The Hall–Kier alpha value is -2.34. The molecule has 2 aromatic rings. The number of hydrogen-bond acceptors (Lipinski definition) is 4. The van der Waals surface area contributed by atoms with Crippen molar-refractivity contribution in [2.24, 2.45) is 0 Å². The van der Waals surface area contributed by atoms with Crippen molar-refractivity contribution in [1.82, 2.24) is 10.2 Å². The second-order valence-corrected chi connectivity index (χ2v) is 7.07. The molecule has 0 unspecified atom stereocenters. The van der Waals surface area contributed by atoms with E-state index in [1.54, 1.807) is 30.8 Å². The van der Waals surface area contributed by atoms with Crippen molar-refractivity contribution in [2.75, 3.05) is 27.0 Å². The van der Waals surface area contributed by atoms with Gasteiger partial charge in [0.15, 0.2) is 0 Å². The van der Waals surface area contributed by atoms with Crippen molar-refractivity contribution in [3.63, 3.8) is 0 Å².